The molecule has 0 amide bonds. The molecule has 38 heavy (non-hydrogen) atoms. The molecular formula is C30H31N3O4S. The van der Waals surface area contributed by atoms with E-state index in [0.29, 0.717) is 34.9 Å². The van der Waals surface area contributed by atoms with Crippen LogP contribution in [0.3, 0.4) is 0 Å². The molecule has 4 heterocycles. The van der Waals surface area contributed by atoms with Gasteiger partial charge in [0, 0.05) is 49.0 Å². The van der Waals surface area contributed by atoms with Gasteiger partial charge in [0.05, 0.1) is 27.9 Å². The summed E-state index contributed by atoms with van der Waals surface area (Å²) in [4.78, 5) is 15.9. The zero-order chi connectivity index (χ0) is 26.4. The molecule has 1 saturated heterocycles. The first-order valence-corrected chi connectivity index (χ1v) is 14.7. The molecule has 1 unspecified atom stereocenters. The maximum atomic E-state index is 13.2. The Kier molecular flexibility index (Phi) is 6.24. The Hall–Kier alpha value is -3.62. The Morgan fingerprint density at radius 1 is 1.03 bits per heavy atom. The Balaban J connectivity index is 1.73. The van der Waals surface area contributed by atoms with Crippen LogP contribution in [0.4, 0.5) is 0 Å². The molecule has 1 aliphatic rings. The summed E-state index contributed by atoms with van der Waals surface area (Å²) in [5, 5.41) is 1.54. The van der Waals surface area contributed by atoms with Crippen LogP contribution in [0.2, 0.25) is 0 Å². The van der Waals surface area contributed by atoms with E-state index in [0.717, 1.165) is 35.0 Å². The van der Waals surface area contributed by atoms with Crippen LogP contribution >= 0.6 is 0 Å². The molecule has 8 heteroatoms. The summed E-state index contributed by atoms with van der Waals surface area (Å²) in [6, 6.07) is 19.9. The van der Waals surface area contributed by atoms with Crippen molar-refractivity contribution >= 4 is 31.6 Å². The molecule has 0 spiro atoms. The lowest BCUT2D eigenvalue weighted by molar-refractivity contribution is 0.0550. The Morgan fingerprint density at radius 2 is 1.79 bits per heavy atom. The smallest absolute Gasteiger partial charge is 0.272 e. The number of ether oxygens (including phenoxy) is 1. The van der Waals surface area contributed by atoms with E-state index in [4.69, 9.17) is 4.74 Å². The number of nitrogens with one attached hydrogen (secondary N) is 1. The maximum absolute atomic E-state index is 13.2. The predicted molar refractivity (Wildman–Crippen MR) is 150 cm³/mol. The number of benzene rings is 2. The molecule has 0 radical (unpaired) electrons. The van der Waals surface area contributed by atoms with Crippen LogP contribution in [0.5, 0.6) is 0 Å². The fraction of sp³-hybridized carbons (Fsp3) is 0.300. The molecular weight excluding hydrogens is 498 g/mol. The Bertz CT molecular complexity index is 1790. The van der Waals surface area contributed by atoms with Crippen LogP contribution in [-0.4, -0.2) is 41.5 Å². The van der Waals surface area contributed by atoms with Crippen molar-refractivity contribution in [1.29, 1.82) is 0 Å². The van der Waals surface area contributed by atoms with Crippen molar-refractivity contribution < 1.29 is 13.2 Å². The number of pyridine rings is 1. The molecule has 1 N–H and O–H groups in total. The van der Waals surface area contributed by atoms with Crippen LogP contribution < -0.4 is 5.56 Å². The summed E-state index contributed by atoms with van der Waals surface area (Å²) < 4.78 is 36.3. The number of aromatic nitrogens is 3. The lowest BCUT2D eigenvalue weighted by Gasteiger charge is -2.34. The first-order valence-electron chi connectivity index (χ1n) is 13.1. The van der Waals surface area contributed by atoms with Gasteiger partial charge in [-0.25, -0.2) is 8.42 Å². The normalized spacial score (nSPS) is 15.8. The first-order chi connectivity index (χ1) is 18.4. The third kappa shape index (κ3) is 3.99. The molecule has 3 aromatic heterocycles. The molecule has 0 bridgehead atoms. The van der Waals surface area contributed by atoms with Crippen molar-refractivity contribution in [3.05, 3.63) is 89.0 Å². The number of nitrogens with zero attached hydrogens (tertiary/aromatic N) is 2. The van der Waals surface area contributed by atoms with Crippen molar-refractivity contribution in [3.8, 4) is 11.3 Å². The van der Waals surface area contributed by atoms with Gasteiger partial charge < -0.3 is 18.9 Å². The van der Waals surface area contributed by atoms with Gasteiger partial charge in [-0.3, -0.25) is 4.79 Å². The Morgan fingerprint density at radius 3 is 2.53 bits per heavy atom. The number of H-pyrrole nitrogens is 1. The van der Waals surface area contributed by atoms with Gasteiger partial charge in [-0.2, -0.15) is 0 Å². The SMILES string of the molecule is CCS(=O)(=O)c1cccc2c1cc(-c1cn(C)c3c(=O)[nH]ccc13)n2C(c1ccccc1)C1CCOCC1. The summed E-state index contributed by atoms with van der Waals surface area (Å²) >= 11 is 0. The molecule has 0 aliphatic carbocycles. The number of aryl methyl sites for hydroxylation is 1. The molecule has 2 aromatic carbocycles. The topological polar surface area (TPSA) is 86.1 Å². The van der Waals surface area contributed by atoms with Gasteiger partial charge in [-0.15, -0.1) is 0 Å². The van der Waals surface area contributed by atoms with Gasteiger partial charge in [-0.05, 0) is 48.6 Å². The third-order valence-electron chi connectivity index (χ3n) is 7.87. The lowest BCUT2D eigenvalue weighted by Crippen LogP contribution is -2.27. The second kappa shape index (κ2) is 9.60. The van der Waals surface area contributed by atoms with Crippen molar-refractivity contribution in [2.24, 2.45) is 13.0 Å². The number of hydrogen-bond donors (Lipinski definition) is 1. The van der Waals surface area contributed by atoms with Crippen molar-refractivity contribution in [2.45, 2.75) is 30.7 Å². The summed E-state index contributed by atoms with van der Waals surface area (Å²) in [6.07, 6.45) is 5.45. The highest BCUT2D eigenvalue weighted by Crippen LogP contribution is 2.43. The fourth-order valence-corrected chi connectivity index (χ4v) is 7.14. The minimum atomic E-state index is -3.46. The van der Waals surface area contributed by atoms with Crippen molar-refractivity contribution in [2.75, 3.05) is 19.0 Å². The van der Waals surface area contributed by atoms with E-state index in [2.05, 4.69) is 33.8 Å². The van der Waals surface area contributed by atoms with Gasteiger partial charge in [0.25, 0.3) is 5.56 Å². The molecule has 5 aromatic rings. The first kappa shape index (κ1) is 24.7. The molecule has 1 aliphatic heterocycles. The van der Waals surface area contributed by atoms with E-state index in [1.54, 1.807) is 19.2 Å². The second-order valence-corrected chi connectivity index (χ2v) is 12.3. The standard InChI is InChI=1S/C30H31N3O4S/c1-3-38(35,36)27-11-7-10-25-23(27)18-26(24-19-32(2)29-22(24)12-15-31-30(29)34)33(25)28(20-8-5-4-6-9-20)21-13-16-37-17-14-21/h4-12,15,18-19,21,28H,3,13-14,16-17H2,1-2H3,(H,31,34). The summed E-state index contributed by atoms with van der Waals surface area (Å²) in [5.74, 6) is 0.323. The Labute approximate surface area is 221 Å². The summed E-state index contributed by atoms with van der Waals surface area (Å²) in [6.45, 7) is 3.07. The number of fused-ring (bicyclic) bond motifs is 2. The van der Waals surface area contributed by atoms with Crippen LogP contribution in [0.25, 0.3) is 33.1 Å². The van der Waals surface area contributed by atoms with E-state index < -0.39 is 9.84 Å². The predicted octanol–water partition coefficient (Wildman–Crippen LogP) is 5.30. The summed E-state index contributed by atoms with van der Waals surface area (Å²) in [7, 11) is -1.59. The average Bonchev–Trinajstić information content (AvgIpc) is 3.48. The largest absolute Gasteiger partial charge is 0.381 e. The monoisotopic (exact) mass is 529 g/mol. The number of hydrogen-bond acceptors (Lipinski definition) is 4. The van der Waals surface area contributed by atoms with Gasteiger partial charge in [0.1, 0.15) is 5.52 Å². The molecule has 6 rings (SSSR count). The third-order valence-corrected chi connectivity index (χ3v) is 9.65. The number of aromatic amines is 1. The molecule has 196 valence electrons. The number of rotatable bonds is 6. The molecule has 1 fully saturated rings. The van der Waals surface area contributed by atoms with E-state index in [-0.39, 0.29) is 17.4 Å². The van der Waals surface area contributed by atoms with E-state index >= 15 is 0 Å². The van der Waals surface area contributed by atoms with Crippen LogP contribution in [0.15, 0.2) is 82.7 Å². The zero-order valence-corrected chi connectivity index (χ0v) is 22.4. The van der Waals surface area contributed by atoms with Crippen LogP contribution in [0.1, 0.15) is 31.4 Å². The van der Waals surface area contributed by atoms with E-state index in [1.165, 1.54) is 5.56 Å². The maximum Gasteiger partial charge on any atom is 0.272 e. The van der Waals surface area contributed by atoms with Crippen LogP contribution in [-0.2, 0) is 21.6 Å². The second-order valence-electron chi connectivity index (χ2n) is 10.0. The van der Waals surface area contributed by atoms with Gasteiger partial charge >= 0.3 is 0 Å². The van der Waals surface area contributed by atoms with Gasteiger partial charge in [0.2, 0.25) is 0 Å². The lowest BCUT2D eigenvalue weighted by atomic mass is 9.86. The highest BCUT2D eigenvalue weighted by Gasteiger charge is 2.32. The zero-order valence-electron chi connectivity index (χ0n) is 21.6. The van der Waals surface area contributed by atoms with Crippen LogP contribution in [0, 0.1) is 5.92 Å². The van der Waals surface area contributed by atoms with Gasteiger partial charge in [0.15, 0.2) is 9.84 Å². The quantitative estimate of drug-likeness (QED) is 0.324. The summed E-state index contributed by atoms with van der Waals surface area (Å²) in [5.41, 5.74) is 4.27. The molecule has 0 saturated carbocycles. The van der Waals surface area contributed by atoms with E-state index in [1.807, 2.05) is 48.1 Å². The average molecular weight is 530 g/mol. The minimum Gasteiger partial charge on any atom is -0.381 e. The van der Waals surface area contributed by atoms with Crippen molar-refractivity contribution in [1.82, 2.24) is 14.1 Å². The molecule has 1 atom stereocenters. The highest BCUT2D eigenvalue weighted by atomic mass is 32.2. The van der Waals surface area contributed by atoms with E-state index in [9.17, 15) is 13.2 Å². The highest BCUT2D eigenvalue weighted by molar-refractivity contribution is 7.91. The molecule has 7 nitrogen and oxygen atoms in total. The van der Waals surface area contributed by atoms with Gasteiger partial charge in [-0.1, -0.05) is 43.3 Å². The minimum absolute atomic E-state index is 0.0261. The fourth-order valence-electron chi connectivity index (χ4n) is 6.04. The number of sulfone groups is 1. The van der Waals surface area contributed by atoms with Crippen molar-refractivity contribution in [3.63, 3.8) is 0 Å².